The van der Waals surface area contributed by atoms with Gasteiger partial charge in [-0.05, 0) is 44.4 Å². The van der Waals surface area contributed by atoms with Crippen LogP contribution in [0.5, 0.6) is 0 Å². The molecule has 0 spiro atoms. The van der Waals surface area contributed by atoms with Gasteiger partial charge in [0, 0.05) is 38.0 Å². The molecule has 1 aliphatic rings. The third kappa shape index (κ3) is 3.74. The Morgan fingerprint density at radius 1 is 1.43 bits per heavy atom. The lowest BCUT2D eigenvalue weighted by Crippen LogP contribution is -2.45. The van der Waals surface area contributed by atoms with E-state index in [2.05, 4.69) is 44.0 Å². The molecule has 118 valence electrons. The SMILES string of the molecule is CCNCc1c(C)cc(C)nc1N1CCC(C)C(OC)C1. The van der Waals surface area contributed by atoms with Crippen LogP contribution in [0.4, 0.5) is 5.82 Å². The van der Waals surface area contributed by atoms with E-state index in [1.165, 1.54) is 11.1 Å². The molecule has 2 heterocycles. The standard InChI is InChI=1S/C17H29N3O/c1-6-18-10-15-13(3)9-14(4)19-17(15)20-8-7-12(2)16(11-20)21-5/h9,12,16,18H,6-8,10-11H2,1-5H3. The average Bonchev–Trinajstić information content (AvgIpc) is 2.46. The monoisotopic (exact) mass is 291 g/mol. The van der Waals surface area contributed by atoms with Crippen molar-refractivity contribution < 1.29 is 4.74 Å². The van der Waals surface area contributed by atoms with E-state index in [4.69, 9.17) is 9.72 Å². The highest BCUT2D eigenvalue weighted by molar-refractivity contribution is 5.52. The molecule has 0 radical (unpaired) electrons. The van der Waals surface area contributed by atoms with Gasteiger partial charge >= 0.3 is 0 Å². The number of ether oxygens (including phenoxy) is 1. The molecule has 0 amide bonds. The minimum Gasteiger partial charge on any atom is -0.379 e. The summed E-state index contributed by atoms with van der Waals surface area (Å²) in [5, 5.41) is 3.44. The fraction of sp³-hybridized carbons (Fsp3) is 0.706. The molecule has 1 fully saturated rings. The van der Waals surface area contributed by atoms with Crippen molar-refractivity contribution >= 4 is 5.82 Å². The molecule has 0 aromatic carbocycles. The third-order valence-corrected chi connectivity index (χ3v) is 4.50. The number of pyridine rings is 1. The Morgan fingerprint density at radius 3 is 2.86 bits per heavy atom. The number of piperidine rings is 1. The molecule has 1 aliphatic heterocycles. The molecule has 2 rings (SSSR count). The first kappa shape index (κ1) is 16.2. The van der Waals surface area contributed by atoms with E-state index in [-0.39, 0.29) is 0 Å². The van der Waals surface area contributed by atoms with Gasteiger partial charge in [-0.25, -0.2) is 4.98 Å². The zero-order chi connectivity index (χ0) is 15.4. The fourth-order valence-electron chi connectivity index (χ4n) is 3.11. The number of aryl methyl sites for hydroxylation is 2. The maximum atomic E-state index is 5.65. The van der Waals surface area contributed by atoms with Gasteiger partial charge in [0.25, 0.3) is 0 Å². The Morgan fingerprint density at radius 2 is 2.19 bits per heavy atom. The van der Waals surface area contributed by atoms with E-state index >= 15 is 0 Å². The van der Waals surface area contributed by atoms with Crippen LogP contribution in [0.2, 0.25) is 0 Å². The molecular weight excluding hydrogens is 262 g/mol. The number of hydrogen-bond donors (Lipinski definition) is 1. The van der Waals surface area contributed by atoms with Crippen LogP contribution in [0.3, 0.4) is 0 Å². The van der Waals surface area contributed by atoms with Gasteiger partial charge in [0.2, 0.25) is 0 Å². The maximum absolute atomic E-state index is 5.65. The van der Waals surface area contributed by atoms with Crippen molar-refractivity contribution in [2.24, 2.45) is 5.92 Å². The summed E-state index contributed by atoms with van der Waals surface area (Å²) < 4.78 is 5.65. The van der Waals surface area contributed by atoms with E-state index in [1.54, 1.807) is 0 Å². The average molecular weight is 291 g/mol. The second-order valence-electron chi connectivity index (χ2n) is 6.15. The largest absolute Gasteiger partial charge is 0.379 e. The summed E-state index contributed by atoms with van der Waals surface area (Å²) in [6.45, 7) is 12.5. The molecule has 0 saturated carbocycles. The molecule has 0 bridgehead atoms. The molecule has 4 heteroatoms. The van der Waals surface area contributed by atoms with Gasteiger partial charge in [0.05, 0.1) is 6.10 Å². The Hall–Kier alpha value is -1.13. The summed E-state index contributed by atoms with van der Waals surface area (Å²) in [7, 11) is 1.82. The highest BCUT2D eigenvalue weighted by atomic mass is 16.5. The molecule has 1 aromatic heterocycles. The molecule has 21 heavy (non-hydrogen) atoms. The van der Waals surface area contributed by atoms with Crippen molar-refractivity contribution in [3.05, 3.63) is 22.9 Å². The first-order valence-electron chi connectivity index (χ1n) is 8.02. The quantitative estimate of drug-likeness (QED) is 0.905. The zero-order valence-electron chi connectivity index (χ0n) is 14.1. The van der Waals surface area contributed by atoms with Crippen molar-refractivity contribution in [2.75, 3.05) is 31.6 Å². The minimum atomic E-state index is 0.299. The topological polar surface area (TPSA) is 37.4 Å². The van der Waals surface area contributed by atoms with E-state index in [1.807, 2.05) is 7.11 Å². The second kappa shape index (κ2) is 7.23. The number of methoxy groups -OCH3 is 1. The van der Waals surface area contributed by atoms with Gasteiger partial charge in [0.15, 0.2) is 0 Å². The molecule has 1 saturated heterocycles. The molecule has 1 aromatic rings. The summed E-state index contributed by atoms with van der Waals surface area (Å²) in [6.07, 6.45) is 1.46. The summed E-state index contributed by atoms with van der Waals surface area (Å²) in [5.74, 6) is 1.76. The van der Waals surface area contributed by atoms with Gasteiger partial charge < -0.3 is 15.0 Å². The summed E-state index contributed by atoms with van der Waals surface area (Å²) in [5.41, 5.74) is 3.74. The van der Waals surface area contributed by atoms with Crippen LogP contribution in [-0.2, 0) is 11.3 Å². The van der Waals surface area contributed by atoms with Crippen LogP contribution < -0.4 is 10.2 Å². The zero-order valence-corrected chi connectivity index (χ0v) is 14.1. The number of nitrogens with zero attached hydrogens (tertiary/aromatic N) is 2. The first-order valence-corrected chi connectivity index (χ1v) is 8.02. The lowest BCUT2D eigenvalue weighted by Gasteiger charge is -2.38. The molecule has 2 atom stereocenters. The van der Waals surface area contributed by atoms with Crippen molar-refractivity contribution in [3.63, 3.8) is 0 Å². The lowest BCUT2D eigenvalue weighted by molar-refractivity contribution is 0.0496. The highest BCUT2D eigenvalue weighted by Gasteiger charge is 2.28. The highest BCUT2D eigenvalue weighted by Crippen LogP contribution is 2.28. The Balaban J connectivity index is 2.28. The number of nitrogens with one attached hydrogen (secondary N) is 1. The van der Waals surface area contributed by atoms with Crippen LogP contribution in [0.25, 0.3) is 0 Å². The van der Waals surface area contributed by atoms with Crippen molar-refractivity contribution in [1.82, 2.24) is 10.3 Å². The first-order chi connectivity index (χ1) is 10.1. The molecule has 4 nitrogen and oxygen atoms in total. The predicted octanol–water partition coefficient (Wildman–Crippen LogP) is 2.67. The van der Waals surface area contributed by atoms with Crippen LogP contribution in [-0.4, -0.2) is 37.8 Å². The molecule has 0 aliphatic carbocycles. The molecule has 1 N–H and O–H groups in total. The smallest absolute Gasteiger partial charge is 0.133 e. The van der Waals surface area contributed by atoms with E-state index in [0.29, 0.717) is 12.0 Å². The lowest BCUT2D eigenvalue weighted by atomic mass is 9.95. The minimum absolute atomic E-state index is 0.299. The summed E-state index contributed by atoms with van der Waals surface area (Å²) in [4.78, 5) is 7.24. The van der Waals surface area contributed by atoms with Crippen LogP contribution in [0.1, 0.15) is 37.1 Å². The van der Waals surface area contributed by atoms with Crippen LogP contribution >= 0.6 is 0 Å². The van der Waals surface area contributed by atoms with E-state index in [0.717, 1.165) is 44.1 Å². The van der Waals surface area contributed by atoms with Crippen molar-refractivity contribution in [2.45, 2.75) is 46.8 Å². The normalized spacial score (nSPS) is 22.6. The number of anilines is 1. The van der Waals surface area contributed by atoms with Crippen molar-refractivity contribution in [3.8, 4) is 0 Å². The van der Waals surface area contributed by atoms with Crippen molar-refractivity contribution in [1.29, 1.82) is 0 Å². The fourth-order valence-corrected chi connectivity index (χ4v) is 3.11. The Bertz CT molecular complexity index is 475. The van der Waals surface area contributed by atoms with Gasteiger partial charge in [-0.1, -0.05) is 13.8 Å². The Labute approximate surface area is 128 Å². The van der Waals surface area contributed by atoms with E-state index < -0.39 is 0 Å². The Kier molecular flexibility index (Phi) is 5.59. The van der Waals surface area contributed by atoms with Gasteiger partial charge in [0.1, 0.15) is 5.82 Å². The number of rotatable bonds is 5. The van der Waals surface area contributed by atoms with Gasteiger partial charge in [-0.3, -0.25) is 0 Å². The van der Waals surface area contributed by atoms with Crippen LogP contribution in [0, 0.1) is 19.8 Å². The number of hydrogen-bond acceptors (Lipinski definition) is 4. The molecule has 2 unspecified atom stereocenters. The van der Waals surface area contributed by atoms with Gasteiger partial charge in [-0.15, -0.1) is 0 Å². The summed E-state index contributed by atoms with van der Waals surface area (Å²) >= 11 is 0. The third-order valence-electron chi connectivity index (χ3n) is 4.50. The second-order valence-corrected chi connectivity index (χ2v) is 6.15. The van der Waals surface area contributed by atoms with Crippen LogP contribution in [0.15, 0.2) is 6.07 Å². The van der Waals surface area contributed by atoms with E-state index in [9.17, 15) is 0 Å². The van der Waals surface area contributed by atoms with Gasteiger partial charge in [-0.2, -0.15) is 0 Å². The number of aromatic nitrogens is 1. The maximum Gasteiger partial charge on any atom is 0.133 e. The predicted molar refractivity (Wildman–Crippen MR) is 87.9 cm³/mol. The molecular formula is C17H29N3O. The summed E-state index contributed by atoms with van der Waals surface area (Å²) in [6, 6.07) is 2.18.